The van der Waals surface area contributed by atoms with Gasteiger partial charge in [-0.05, 0) is 50.0 Å². The van der Waals surface area contributed by atoms with Gasteiger partial charge in [0, 0.05) is 18.5 Å². The summed E-state index contributed by atoms with van der Waals surface area (Å²) in [4.78, 5) is 50.1. The van der Waals surface area contributed by atoms with Crippen molar-refractivity contribution in [3.8, 4) is 0 Å². The van der Waals surface area contributed by atoms with E-state index in [-0.39, 0.29) is 36.1 Å². The summed E-state index contributed by atoms with van der Waals surface area (Å²) in [5.74, 6) is -2.04. The van der Waals surface area contributed by atoms with Crippen molar-refractivity contribution in [3.05, 3.63) is 34.9 Å². The summed E-state index contributed by atoms with van der Waals surface area (Å²) in [6, 6.07) is 4.08. The Kier molecular flexibility index (Phi) is 5.20. The maximum atomic E-state index is 12.9. The van der Waals surface area contributed by atoms with Crippen molar-refractivity contribution < 1.29 is 24.3 Å². The summed E-state index contributed by atoms with van der Waals surface area (Å²) < 4.78 is 0. The number of amides is 4. The van der Waals surface area contributed by atoms with Crippen LogP contribution in [0.15, 0.2) is 18.2 Å². The summed E-state index contributed by atoms with van der Waals surface area (Å²) >= 11 is 0. The molecule has 0 saturated carbocycles. The average Bonchev–Trinajstić information content (AvgIpc) is 2.97. The molecule has 3 aliphatic rings. The highest BCUT2D eigenvalue weighted by atomic mass is 16.3. The molecular formula is C20H24N4O5. The van der Waals surface area contributed by atoms with Crippen LogP contribution in [0.5, 0.6) is 0 Å². The molecule has 1 aromatic rings. The molecule has 0 spiro atoms. The third-order valence-electron chi connectivity index (χ3n) is 6.04. The molecule has 3 aliphatic heterocycles. The van der Waals surface area contributed by atoms with Gasteiger partial charge in [0.25, 0.3) is 11.8 Å². The molecule has 0 aliphatic carbocycles. The molecule has 9 nitrogen and oxygen atoms in total. The van der Waals surface area contributed by atoms with Crippen molar-refractivity contribution in [2.75, 3.05) is 19.7 Å². The topological polar surface area (TPSA) is 128 Å². The molecule has 0 aromatic heterocycles. The molecule has 29 heavy (non-hydrogen) atoms. The van der Waals surface area contributed by atoms with Gasteiger partial charge in [0.05, 0.1) is 17.7 Å². The molecule has 0 bridgehead atoms. The number of benzene rings is 1. The highest BCUT2D eigenvalue weighted by Crippen LogP contribution is 2.28. The Labute approximate surface area is 167 Å². The molecule has 1 unspecified atom stereocenters. The van der Waals surface area contributed by atoms with E-state index in [9.17, 15) is 24.3 Å². The Morgan fingerprint density at radius 1 is 1.10 bits per heavy atom. The van der Waals surface area contributed by atoms with Crippen LogP contribution in [0.2, 0.25) is 0 Å². The van der Waals surface area contributed by atoms with Gasteiger partial charge in [0.1, 0.15) is 6.04 Å². The van der Waals surface area contributed by atoms with Crippen molar-refractivity contribution in [2.24, 2.45) is 0 Å². The number of hydrogen-bond donors (Lipinski definition) is 4. The summed E-state index contributed by atoms with van der Waals surface area (Å²) in [6.07, 6.45) is 1.83. The predicted octanol–water partition coefficient (Wildman–Crippen LogP) is -0.708. The molecule has 1 atom stereocenters. The van der Waals surface area contributed by atoms with Crippen LogP contribution in [0.4, 0.5) is 0 Å². The van der Waals surface area contributed by atoms with Crippen LogP contribution in [-0.2, 0) is 16.1 Å². The first-order valence-electron chi connectivity index (χ1n) is 9.85. The van der Waals surface area contributed by atoms with Crippen LogP contribution in [0, 0.1) is 0 Å². The number of carbonyl (C=O) groups is 4. The monoisotopic (exact) mass is 400 g/mol. The first-order valence-corrected chi connectivity index (χ1v) is 9.85. The third-order valence-corrected chi connectivity index (χ3v) is 6.04. The Morgan fingerprint density at radius 2 is 1.83 bits per heavy atom. The van der Waals surface area contributed by atoms with Gasteiger partial charge >= 0.3 is 0 Å². The first kappa shape index (κ1) is 19.7. The lowest BCUT2D eigenvalue weighted by Crippen LogP contribution is -2.54. The van der Waals surface area contributed by atoms with Crippen LogP contribution in [0.3, 0.4) is 0 Å². The zero-order chi connectivity index (χ0) is 20.6. The van der Waals surface area contributed by atoms with E-state index >= 15 is 0 Å². The highest BCUT2D eigenvalue weighted by molar-refractivity contribution is 6.23. The Balaban J connectivity index is 1.51. The van der Waals surface area contributed by atoms with E-state index < -0.39 is 29.7 Å². The van der Waals surface area contributed by atoms with Crippen LogP contribution >= 0.6 is 0 Å². The van der Waals surface area contributed by atoms with E-state index in [0.717, 1.165) is 36.4 Å². The number of piperidine rings is 2. The lowest BCUT2D eigenvalue weighted by Gasteiger charge is -2.37. The SMILES string of the molecule is O=C1CCC(N2C(=O)c3ccc(CNC4(CO)CCNCC4)cc3C2=O)C(=O)N1. The number of nitrogens with zero attached hydrogens (tertiary/aromatic N) is 1. The van der Waals surface area contributed by atoms with E-state index in [0.29, 0.717) is 6.54 Å². The second-order valence-electron chi connectivity index (χ2n) is 7.87. The number of imide groups is 2. The van der Waals surface area contributed by atoms with Crippen molar-refractivity contribution in [1.29, 1.82) is 0 Å². The summed E-state index contributed by atoms with van der Waals surface area (Å²) in [7, 11) is 0. The maximum absolute atomic E-state index is 12.9. The van der Waals surface area contributed by atoms with E-state index in [1.54, 1.807) is 18.2 Å². The number of nitrogens with one attached hydrogen (secondary N) is 3. The van der Waals surface area contributed by atoms with E-state index in [2.05, 4.69) is 16.0 Å². The van der Waals surface area contributed by atoms with Crippen LogP contribution in [0.1, 0.15) is 52.0 Å². The van der Waals surface area contributed by atoms with E-state index in [1.807, 2.05) is 0 Å². The zero-order valence-electron chi connectivity index (χ0n) is 16.0. The molecule has 154 valence electrons. The number of aliphatic hydroxyl groups is 1. The fourth-order valence-electron chi connectivity index (χ4n) is 4.21. The van der Waals surface area contributed by atoms with E-state index in [1.165, 1.54) is 0 Å². The largest absolute Gasteiger partial charge is 0.394 e. The number of fused-ring (bicyclic) bond motifs is 1. The zero-order valence-corrected chi connectivity index (χ0v) is 16.0. The maximum Gasteiger partial charge on any atom is 0.262 e. The van der Waals surface area contributed by atoms with Gasteiger partial charge in [-0.15, -0.1) is 0 Å². The minimum atomic E-state index is -0.964. The van der Waals surface area contributed by atoms with Gasteiger partial charge in [0.2, 0.25) is 11.8 Å². The molecule has 4 amide bonds. The standard InChI is InChI=1S/C20H24N4O5/c25-11-20(5-7-21-8-6-20)22-10-12-1-2-13-14(9-12)19(29)24(18(13)28)15-3-4-16(26)23-17(15)27/h1-2,9,15,21-22,25H,3-8,10-11H2,(H,23,26,27). The smallest absolute Gasteiger partial charge is 0.262 e. The number of aliphatic hydroxyl groups excluding tert-OH is 1. The average molecular weight is 400 g/mol. The molecular weight excluding hydrogens is 376 g/mol. The fourth-order valence-corrected chi connectivity index (χ4v) is 4.21. The number of rotatable bonds is 5. The molecule has 4 rings (SSSR count). The van der Waals surface area contributed by atoms with Crippen molar-refractivity contribution in [2.45, 2.75) is 43.8 Å². The van der Waals surface area contributed by atoms with Gasteiger partial charge in [-0.1, -0.05) is 6.07 Å². The lowest BCUT2D eigenvalue weighted by molar-refractivity contribution is -0.136. The van der Waals surface area contributed by atoms with Gasteiger partial charge in [0.15, 0.2) is 0 Å². The van der Waals surface area contributed by atoms with Crippen molar-refractivity contribution in [3.63, 3.8) is 0 Å². The summed E-state index contributed by atoms with van der Waals surface area (Å²) in [5.41, 5.74) is 0.994. The molecule has 4 N–H and O–H groups in total. The first-order chi connectivity index (χ1) is 13.9. The lowest BCUT2D eigenvalue weighted by atomic mass is 9.89. The van der Waals surface area contributed by atoms with Gasteiger partial charge in [-0.2, -0.15) is 0 Å². The summed E-state index contributed by atoms with van der Waals surface area (Å²) in [6.45, 7) is 2.13. The minimum absolute atomic E-state index is 0.0281. The van der Waals surface area contributed by atoms with Gasteiger partial charge in [-0.25, -0.2) is 0 Å². The van der Waals surface area contributed by atoms with Crippen LogP contribution in [-0.4, -0.2) is 64.9 Å². The normalized spacial score (nSPS) is 23.9. The van der Waals surface area contributed by atoms with Crippen molar-refractivity contribution >= 4 is 23.6 Å². The predicted molar refractivity (Wildman–Crippen MR) is 102 cm³/mol. The molecule has 0 radical (unpaired) electrons. The molecule has 2 fully saturated rings. The molecule has 2 saturated heterocycles. The third kappa shape index (κ3) is 3.57. The number of carbonyl (C=O) groups excluding carboxylic acids is 4. The number of hydrogen-bond acceptors (Lipinski definition) is 7. The highest BCUT2D eigenvalue weighted by Gasteiger charge is 2.44. The minimum Gasteiger partial charge on any atom is -0.394 e. The van der Waals surface area contributed by atoms with E-state index in [4.69, 9.17) is 0 Å². The molecule has 3 heterocycles. The Hall–Kier alpha value is -2.62. The molecule has 9 heteroatoms. The van der Waals surface area contributed by atoms with Crippen LogP contribution < -0.4 is 16.0 Å². The Bertz CT molecular complexity index is 878. The Morgan fingerprint density at radius 3 is 2.52 bits per heavy atom. The quantitative estimate of drug-likeness (QED) is 0.481. The fraction of sp³-hybridized carbons (Fsp3) is 0.500. The van der Waals surface area contributed by atoms with Crippen LogP contribution in [0.25, 0.3) is 0 Å². The van der Waals surface area contributed by atoms with Gasteiger partial charge < -0.3 is 15.7 Å². The second-order valence-corrected chi connectivity index (χ2v) is 7.87. The summed E-state index contributed by atoms with van der Waals surface area (Å²) in [5, 5.41) is 18.7. The molecule has 1 aromatic carbocycles. The van der Waals surface area contributed by atoms with Gasteiger partial charge in [-0.3, -0.25) is 29.4 Å². The van der Waals surface area contributed by atoms with Crippen molar-refractivity contribution in [1.82, 2.24) is 20.9 Å². The second kappa shape index (κ2) is 7.66.